The molecule has 2 heterocycles. The van der Waals surface area contributed by atoms with Crippen LogP contribution in [0, 0.1) is 13.8 Å². The Balaban J connectivity index is 2.10. The van der Waals surface area contributed by atoms with Gasteiger partial charge in [0.05, 0.1) is 18.7 Å². The van der Waals surface area contributed by atoms with Gasteiger partial charge in [-0.15, -0.1) is 0 Å². The first-order valence-electron chi connectivity index (χ1n) is 7.13. The lowest BCUT2D eigenvalue weighted by molar-refractivity contribution is -0.155. The van der Waals surface area contributed by atoms with Gasteiger partial charge in [0.25, 0.3) is 0 Å². The fourth-order valence-corrected chi connectivity index (χ4v) is 2.46. The number of piperazine rings is 1. The molecule has 1 amide bonds. The first-order chi connectivity index (χ1) is 10.0. The number of aromatic nitrogens is 1. The van der Waals surface area contributed by atoms with Crippen LogP contribution < -0.4 is 5.32 Å². The third kappa shape index (κ3) is 3.41. The molecule has 0 aliphatic carbocycles. The fraction of sp³-hybridized carbons (Fsp3) is 0.643. The van der Waals surface area contributed by atoms with Crippen LogP contribution in [0.3, 0.4) is 0 Å². The summed E-state index contributed by atoms with van der Waals surface area (Å²) in [6.07, 6.45) is 0.192. The fourth-order valence-electron chi connectivity index (χ4n) is 2.46. The molecule has 0 saturated carbocycles. The van der Waals surface area contributed by atoms with E-state index in [1.54, 1.807) is 25.7 Å². The summed E-state index contributed by atoms with van der Waals surface area (Å²) in [5, 5.41) is 6.96. The second-order valence-electron chi connectivity index (χ2n) is 5.04. The molecule has 0 bridgehead atoms. The molecule has 0 spiro atoms. The van der Waals surface area contributed by atoms with Gasteiger partial charge in [-0.05, 0) is 20.8 Å². The summed E-state index contributed by atoms with van der Waals surface area (Å²) in [6.45, 7) is 7.23. The zero-order chi connectivity index (χ0) is 15.4. The number of hydrogen-bond acceptors (Lipinski definition) is 6. The summed E-state index contributed by atoms with van der Waals surface area (Å²) in [5.41, 5.74) is 1.50. The monoisotopic (exact) mass is 295 g/mol. The molecule has 0 aromatic carbocycles. The Hall–Kier alpha value is -1.89. The van der Waals surface area contributed by atoms with Crippen LogP contribution in [0.15, 0.2) is 4.52 Å². The van der Waals surface area contributed by atoms with Crippen LogP contribution >= 0.6 is 0 Å². The van der Waals surface area contributed by atoms with Gasteiger partial charge in [-0.1, -0.05) is 5.16 Å². The number of carbonyl (C=O) groups is 2. The molecule has 1 aliphatic heterocycles. The lowest BCUT2D eigenvalue weighted by Gasteiger charge is -2.34. The first-order valence-corrected chi connectivity index (χ1v) is 7.13. The number of nitrogens with one attached hydrogen (secondary N) is 1. The highest BCUT2D eigenvalue weighted by Gasteiger charge is 2.33. The van der Waals surface area contributed by atoms with Crippen LogP contribution in [0.4, 0.5) is 0 Å². The molecule has 1 aliphatic rings. The third-order valence-corrected chi connectivity index (χ3v) is 3.63. The van der Waals surface area contributed by atoms with Gasteiger partial charge in [0.1, 0.15) is 11.8 Å². The van der Waals surface area contributed by atoms with Crippen LogP contribution in [0.2, 0.25) is 0 Å². The molecule has 1 fully saturated rings. The Morgan fingerprint density at radius 3 is 2.86 bits per heavy atom. The van der Waals surface area contributed by atoms with Crippen molar-refractivity contribution in [3.63, 3.8) is 0 Å². The highest BCUT2D eigenvalue weighted by atomic mass is 16.5. The largest absolute Gasteiger partial charge is 0.464 e. The number of carbonyl (C=O) groups excluding carboxylic acids is 2. The Bertz CT molecular complexity index is 507. The van der Waals surface area contributed by atoms with Crippen LogP contribution in [-0.4, -0.2) is 54.2 Å². The molecule has 1 N–H and O–H groups in total. The molecule has 1 aromatic rings. The number of hydrogen-bond donors (Lipinski definition) is 1. The molecule has 1 aromatic heterocycles. The zero-order valence-corrected chi connectivity index (χ0v) is 12.6. The molecule has 116 valence electrons. The standard InChI is InChI=1S/C14H21N3O4/c1-4-20-14(19)12-8-15-5-6-17(12)13(18)7-11-9(2)16-21-10(11)3/h12,15H,4-8H2,1-3H3. The summed E-state index contributed by atoms with van der Waals surface area (Å²) in [7, 11) is 0. The summed E-state index contributed by atoms with van der Waals surface area (Å²) in [5.74, 6) is 0.171. The van der Waals surface area contributed by atoms with Gasteiger partial charge in [-0.2, -0.15) is 0 Å². The Kier molecular flexibility index (Phi) is 4.95. The maximum atomic E-state index is 12.5. The van der Waals surface area contributed by atoms with Crippen molar-refractivity contribution in [2.24, 2.45) is 0 Å². The number of nitrogens with zero attached hydrogens (tertiary/aromatic N) is 2. The third-order valence-electron chi connectivity index (χ3n) is 3.63. The molecule has 1 saturated heterocycles. The van der Waals surface area contributed by atoms with E-state index >= 15 is 0 Å². The average molecular weight is 295 g/mol. The molecule has 2 rings (SSSR count). The predicted molar refractivity (Wildman–Crippen MR) is 74.7 cm³/mol. The van der Waals surface area contributed by atoms with Gasteiger partial charge in [0.15, 0.2) is 0 Å². The van der Waals surface area contributed by atoms with Gasteiger partial charge >= 0.3 is 5.97 Å². The zero-order valence-electron chi connectivity index (χ0n) is 12.6. The van der Waals surface area contributed by atoms with E-state index in [9.17, 15) is 9.59 Å². The topological polar surface area (TPSA) is 84.7 Å². The second kappa shape index (κ2) is 6.71. The van der Waals surface area contributed by atoms with Gasteiger partial charge < -0.3 is 19.5 Å². The highest BCUT2D eigenvalue weighted by Crippen LogP contribution is 2.16. The number of rotatable bonds is 4. The minimum atomic E-state index is -0.563. The van der Waals surface area contributed by atoms with Crippen LogP contribution in [0.25, 0.3) is 0 Å². The van der Waals surface area contributed by atoms with Gasteiger partial charge in [0.2, 0.25) is 5.91 Å². The van der Waals surface area contributed by atoms with Gasteiger partial charge in [-0.3, -0.25) is 4.79 Å². The minimum absolute atomic E-state index is 0.107. The van der Waals surface area contributed by atoms with Crippen molar-refractivity contribution in [2.45, 2.75) is 33.2 Å². The lowest BCUT2D eigenvalue weighted by Crippen LogP contribution is -2.57. The number of ether oxygens (including phenoxy) is 1. The molecular weight excluding hydrogens is 274 g/mol. The molecule has 1 atom stereocenters. The smallest absolute Gasteiger partial charge is 0.330 e. The van der Waals surface area contributed by atoms with Gasteiger partial charge in [-0.25, -0.2) is 4.79 Å². The van der Waals surface area contributed by atoms with E-state index < -0.39 is 6.04 Å². The predicted octanol–water partition coefficient (Wildman–Crippen LogP) is 0.197. The summed E-state index contributed by atoms with van der Waals surface area (Å²) in [4.78, 5) is 26.1. The van der Waals surface area contributed by atoms with Crippen molar-refractivity contribution in [2.75, 3.05) is 26.2 Å². The van der Waals surface area contributed by atoms with Crippen LogP contribution in [0.1, 0.15) is 23.9 Å². The maximum Gasteiger partial charge on any atom is 0.330 e. The summed E-state index contributed by atoms with van der Waals surface area (Å²) >= 11 is 0. The van der Waals surface area contributed by atoms with E-state index in [0.717, 1.165) is 5.56 Å². The van der Waals surface area contributed by atoms with Crippen molar-refractivity contribution in [1.82, 2.24) is 15.4 Å². The van der Waals surface area contributed by atoms with E-state index in [0.29, 0.717) is 37.7 Å². The van der Waals surface area contributed by atoms with Crippen molar-refractivity contribution < 1.29 is 18.8 Å². The van der Waals surface area contributed by atoms with Crippen LogP contribution in [-0.2, 0) is 20.7 Å². The Morgan fingerprint density at radius 2 is 2.24 bits per heavy atom. The van der Waals surface area contributed by atoms with E-state index in [4.69, 9.17) is 9.26 Å². The Morgan fingerprint density at radius 1 is 1.48 bits per heavy atom. The quantitative estimate of drug-likeness (QED) is 0.799. The number of aryl methyl sites for hydroxylation is 2. The van der Waals surface area contributed by atoms with Crippen molar-refractivity contribution in [3.05, 3.63) is 17.0 Å². The summed E-state index contributed by atoms with van der Waals surface area (Å²) in [6, 6.07) is -0.563. The lowest BCUT2D eigenvalue weighted by atomic mass is 10.1. The normalized spacial score (nSPS) is 18.6. The molecule has 1 unspecified atom stereocenters. The molecule has 21 heavy (non-hydrogen) atoms. The molecule has 7 nitrogen and oxygen atoms in total. The SMILES string of the molecule is CCOC(=O)C1CNCCN1C(=O)Cc1c(C)noc1C. The van der Waals surface area contributed by atoms with E-state index in [2.05, 4.69) is 10.5 Å². The molecular formula is C14H21N3O4. The number of amides is 1. The van der Waals surface area contributed by atoms with Gasteiger partial charge in [0, 0.05) is 25.2 Å². The van der Waals surface area contributed by atoms with Crippen molar-refractivity contribution in [1.29, 1.82) is 0 Å². The average Bonchev–Trinajstić information content (AvgIpc) is 2.79. The van der Waals surface area contributed by atoms with Crippen LogP contribution in [0.5, 0.6) is 0 Å². The van der Waals surface area contributed by atoms with E-state index in [-0.39, 0.29) is 18.3 Å². The molecule has 0 radical (unpaired) electrons. The highest BCUT2D eigenvalue weighted by molar-refractivity contribution is 5.86. The first kappa shape index (κ1) is 15.5. The van der Waals surface area contributed by atoms with Crippen molar-refractivity contribution >= 4 is 11.9 Å². The maximum absolute atomic E-state index is 12.5. The molecule has 7 heteroatoms. The van der Waals surface area contributed by atoms with Crippen molar-refractivity contribution in [3.8, 4) is 0 Å². The second-order valence-corrected chi connectivity index (χ2v) is 5.04. The number of esters is 1. The minimum Gasteiger partial charge on any atom is -0.464 e. The summed E-state index contributed by atoms with van der Waals surface area (Å²) < 4.78 is 10.1. The van der Waals surface area contributed by atoms with E-state index in [1.807, 2.05) is 0 Å². The Labute approximate surface area is 123 Å². The van der Waals surface area contributed by atoms with E-state index in [1.165, 1.54) is 0 Å².